The van der Waals surface area contributed by atoms with E-state index in [9.17, 15) is 0 Å². The van der Waals surface area contributed by atoms with Gasteiger partial charge in [-0.05, 0) is 19.1 Å². The number of fused-ring (bicyclic) bond motifs is 1. The molecule has 0 N–H and O–H groups in total. The topological polar surface area (TPSA) is 28.0 Å². The Labute approximate surface area is 98.7 Å². The van der Waals surface area contributed by atoms with Crippen LogP contribution in [0, 0.1) is 0 Å². The Bertz CT molecular complexity index is 463. The highest BCUT2D eigenvalue weighted by Crippen LogP contribution is 2.29. The van der Waals surface area contributed by atoms with Crippen LogP contribution in [-0.4, -0.2) is 30.8 Å². The van der Waals surface area contributed by atoms with E-state index in [2.05, 4.69) is 35.0 Å². The van der Waals surface area contributed by atoms with E-state index in [1.165, 1.54) is 4.70 Å². The Hall–Kier alpha value is -0.970. The van der Waals surface area contributed by atoms with Gasteiger partial charge in [-0.2, -0.15) is 4.98 Å². The number of morpholine rings is 1. The molecule has 1 saturated heterocycles. The molecule has 0 aliphatic carbocycles. The maximum absolute atomic E-state index is 5.54. The number of hydrogen-bond acceptors (Lipinski definition) is 4. The van der Waals surface area contributed by atoms with Crippen molar-refractivity contribution in [3.63, 3.8) is 0 Å². The maximum atomic E-state index is 5.54. The number of ether oxygens (including phenoxy) is 1. The Kier molecular flexibility index (Phi) is 2.63. The molecular weight excluding hydrogens is 220 g/mol. The van der Waals surface area contributed by atoms with E-state index >= 15 is 0 Å². The molecule has 1 atom stereocenters. The van der Waals surface area contributed by atoms with Gasteiger partial charge in [0.05, 0.1) is 10.2 Å². The summed E-state index contributed by atoms with van der Waals surface area (Å²) in [5.74, 6) is 0. The van der Waals surface area contributed by atoms with Gasteiger partial charge in [-0.1, -0.05) is 23.5 Å². The number of benzene rings is 1. The van der Waals surface area contributed by atoms with Crippen molar-refractivity contribution in [3.8, 4) is 0 Å². The summed E-state index contributed by atoms with van der Waals surface area (Å²) in [7, 11) is 0. The summed E-state index contributed by atoms with van der Waals surface area (Å²) in [4.78, 5) is 6.98. The molecule has 0 saturated carbocycles. The third-order valence-corrected chi connectivity index (χ3v) is 3.89. The maximum Gasteiger partial charge on any atom is 0.336 e. The van der Waals surface area contributed by atoms with Gasteiger partial charge in [0.2, 0.25) is 0 Å². The molecule has 1 radical (unpaired) electrons. The summed E-state index contributed by atoms with van der Waals surface area (Å²) in [6, 6.07) is 8.29. The van der Waals surface area contributed by atoms with Crippen LogP contribution in [0.15, 0.2) is 24.3 Å². The first-order valence-corrected chi connectivity index (χ1v) is 6.37. The van der Waals surface area contributed by atoms with Gasteiger partial charge in [0.25, 0.3) is 0 Å². The average Bonchev–Trinajstić information content (AvgIpc) is 2.72. The zero-order chi connectivity index (χ0) is 11.0. The van der Waals surface area contributed by atoms with E-state index in [1.54, 1.807) is 11.3 Å². The molecule has 3 nitrogen and oxygen atoms in total. The van der Waals surface area contributed by atoms with Crippen LogP contribution >= 0.6 is 11.3 Å². The van der Waals surface area contributed by atoms with Crippen molar-refractivity contribution >= 4 is 26.7 Å². The molecule has 1 unspecified atom stereocenters. The molecular formula is C12H14N2OS+. The van der Waals surface area contributed by atoms with Crippen molar-refractivity contribution in [1.82, 2.24) is 9.88 Å². The predicted octanol–water partition coefficient (Wildman–Crippen LogP) is 2.49. The van der Waals surface area contributed by atoms with E-state index in [-0.39, 0.29) is 0 Å². The first-order chi connectivity index (χ1) is 7.83. The Morgan fingerprint density at radius 2 is 2.31 bits per heavy atom. The highest BCUT2D eigenvalue weighted by atomic mass is 32.1. The summed E-state index contributed by atoms with van der Waals surface area (Å²) < 4.78 is 6.80. The van der Waals surface area contributed by atoms with Crippen LogP contribution in [0.3, 0.4) is 0 Å². The standard InChI is InChI=1S/C12H14N2OS/c1-9-8-14(6-7-15-9)12-13-10-4-2-3-5-11(10)16-12/h2-5,9H,6-8H2,1H3/q+1. The SMILES string of the molecule is CC1C[N+](c2nc3ccccc3s2)CCO1. The molecule has 16 heavy (non-hydrogen) atoms. The quantitative estimate of drug-likeness (QED) is 0.709. The predicted molar refractivity (Wildman–Crippen MR) is 66.6 cm³/mol. The highest BCUT2D eigenvalue weighted by Gasteiger charge is 2.30. The molecule has 1 aliphatic heterocycles. The van der Waals surface area contributed by atoms with Crippen molar-refractivity contribution in [1.29, 1.82) is 0 Å². The molecule has 2 heterocycles. The molecule has 4 heteroatoms. The molecule has 1 aliphatic rings. The van der Waals surface area contributed by atoms with E-state index in [1.807, 2.05) is 6.07 Å². The third kappa shape index (κ3) is 1.84. The van der Waals surface area contributed by atoms with Crippen molar-refractivity contribution in [2.24, 2.45) is 0 Å². The number of hydrogen-bond donors (Lipinski definition) is 0. The second-order valence-electron chi connectivity index (χ2n) is 4.09. The number of anilines is 1. The highest BCUT2D eigenvalue weighted by molar-refractivity contribution is 7.21. The number of rotatable bonds is 1. The lowest BCUT2D eigenvalue weighted by molar-refractivity contribution is 0.0249. The Morgan fingerprint density at radius 3 is 3.12 bits per heavy atom. The zero-order valence-electron chi connectivity index (χ0n) is 9.22. The smallest absolute Gasteiger partial charge is 0.336 e. The van der Waals surface area contributed by atoms with E-state index in [0.717, 1.165) is 30.3 Å². The van der Waals surface area contributed by atoms with Gasteiger partial charge in [-0.3, -0.25) is 0 Å². The minimum Gasteiger partial charge on any atom is -0.366 e. The minimum atomic E-state index is 0.306. The molecule has 83 valence electrons. The fraction of sp³-hybridized carbons (Fsp3) is 0.417. The van der Waals surface area contributed by atoms with Crippen LogP contribution in [0.25, 0.3) is 10.2 Å². The van der Waals surface area contributed by atoms with E-state index in [0.29, 0.717) is 6.10 Å². The summed E-state index contributed by atoms with van der Waals surface area (Å²) >= 11 is 1.77. The zero-order valence-corrected chi connectivity index (χ0v) is 10.0. The van der Waals surface area contributed by atoms with Crippen LogP contribution in [-0.2, 0) is 4.74 Å². The fourth-order valence-corrected chi connectivity index (χ4v) is 2.99. The number of para-hydroxylation sites is 1. The van der Waals surface area contributed by atoms with Crippen molar-refractivity contribution < 1.29 is 4.74 Å². The van der Waals surface area contributed by atoms with Gasteiger partial charge in [0.15, 0.2) is 13.1 Å². The summed E-state index contributed by atoms with van der Waals surface area (Å²) in [5.41, 5.74) is 1.10. The lowest BCUT2D eigenvalue weighted by Crippen LogP contribution is -2.41. The van der Waals surface area contributed by atoms with Crippen molar-refractivity contribution in [2.45, 2.75) is 13.0 Å². The van der Waals surface area contributed by atoms with Crippen LogP contribution < -0.4 is 4.90 Å². The minimum absolute atomic E-state index is 0.306. The third-order valence-electron chi connectivity index (χ3n) is 2.79. The van der Waals surface area contributed by atoms with Crippen LogP contribution in [0.5, 0.6) is 0 Å². The van der Waals surface area contributed by atoms with Crippen LogP contribution in [0.4, 0.5) is 5.13 Å². The van der Waals surface area contributed by atoms with Gasteiger partial charge < -0.3 is 4.74 Å². The lowest BCUT2D eigenvalue weighted by atomic mass is 10.3. The van der Waals surface area contributed by atoms with Gasteiger partial charge in [-0.15, -0.1) is 4.90 Å². The second kappa shape index (κ2) is 4.13. The first kappa shape index (κ1) is 10.2. The van der Waals surface area contributed by atoms with Crippen molar-refractivity contribution in [2.75, 3.05) is 19.7 Å². The monoisotopic (exact) mass is 234 g/mol. The summed E-state index contributed by atoms with van der Waals surface area (Å²) in [5, 5.41) is 1.12. The van der Waals surface area contributed by atoms with Gasteiger partial charge in [-0.25, -0.2) is 0 Å². The molecule has 2 aromatic rings. The van der Waals surface area contributed by atoms with E-state index < -0.39 is 0 Å². The van der Waals surface area contributed by atoms with Gasteiger partial charge >= 0.3 is 5.13 Å². The molecule has 0 bridgehead atoms. The molecule has 0 spiro atoms. The summed E-state index contributed by atoms with van der Waals surface area (Å²) in [6.07, 6.45) is 0.306. The average molecular weight is 234 g/mol. The van der Waals surface area contributed by atoms with Crippen LogP contribution in [0.2, 0.25) is 0 Å². The Morgan fingerprint density at radius 1 is 1.44 bits per heavy atom. The molecule has 1 aromatic carbocycles. The van der Waals surface area contributed by atoms with E-state index in [4.69, 9.17) is 4.74 Å². The molecule has 1 fully saturated rings. The summed E-state index contributed by atoms with van der Waals surface area (Å²) in [6.45, 7) is 4.81. The lowest BCUT2D eigenvalue weighted by Gasteiger charge is -2.20. The second-order valence-corrected chi connectivity index (χ2v) is 5.10. The molecule has 1 aromatic heterocycles. The number of thiazole rings is 1. The van der Waals surface area contributed by atoms with Gasteiger partial charge in [0.1, 0.15) is 12.7 Å². The molecule has 3 rings (SSSR count). The molecule has 0 amide bonds. The normalized spacial score (nSPS) is 22.7. The number of aromatic nitrogens is 1. The number of nitrogens with zero attached hydrogens (tertiary/aromatic N) is 2. The van der Waals surface area contributed by atoms with Crippen molar-refractivity contribution in [3.05, 3.63) is 24.3 Å². The van der Waals surface area contributed by atoms with Crippen LogP contribution in [0.1, 0.15) is 6.92 Å². The fourth-order valence-electron chi connectivity index (χ4n) is 1.99. The largest absolute Gasteiger partial charge is 0.366 e. The first-order valence-electron chi connectivity index (χ1n) is 5.55. The van der Waals surface area contributed by atoms with Gasteiger partial charge in [0, 0.05) is 0 Å². The Balaban J connectivity index is 1.93.